The second-order valence-corrected chi connectivity index (χ2v) is 8.68. The number of methoxy groups -OCH3 is 2. The summed E-state index contributed by atoms with van der Waals surface area (Å²) in [6.07, 6.45) is 0. The Morgan fingerprint density at radius 3 is 2.12 bits per heavy atom. The molecule has 2 N–H and O–H groups in total. The number of sulfonamides is 1. The van der Waals surface area contributed by atoms with Crippen LogP contribution in [0.4, 0.5) is 23.0 Å². The van der Waals surface area contributed by atoms with Crippen molar-refractivity contribution in [3.05, 3.63) is 76.8 Å². The predicted octanol–water partition coefficient (Wildman–Crippen LogP) is 4.10. The highest BCUT2D eigenvalue weighted by Gasteiger charge is 2.20. The lowest BCUT2D eigenvalue weighted by atomic mass is 10.2. The van der Waals surface area contributed by atoms with Gasteiger partial charge in [-0.2, -0.15) is 0 Å². The summed E-state index contributed by atoms with van der Waals surface area (Å²) in [4.78, 5) is 19.5. The fraction of sp³-hybridized carbons (Fsp3) is 0.0909. The predicted molar refractivity (Wildman–Crippen MR) is 126 cm³/mol. The minimum Gasteiger partial charge on any atom is -0.497 e. The number of fused-ring (bicyclic) bond motifs is 1. The molecule has 0 saturated carbocycles. The number of nitrogens with zero attached hydrogens (tertiary/aromatic N) is 3. The SMILES string of the molecule is COc1cc(Nc2nc3cc([N+](=O)[O-])ccc3nc2NS(=O)(=O)c2ccccc2)cc(OC)c1. The zero-order valence-electron chi connectivity index (χ0n) is 18.1. The van der Waals surface area contributed by atoms with Crippen molar-refractivity contribution in [3.8, 4) is 11.5 Å². The zero-order chi connectivity index (χ0) is 24.3. The van der Waals surface area contributed by atoms with Gasteiger partial charge in [0.15, 0.2) is 11.6 Å². The van der Waals surface area contributed by atoms with Gasteiger partial charge < -0.3 is 14.8 Å². The Morgan fingerprint density at radius 2 is 1.50 bits per heavy atom. The van der Waals surface area contributed by atoms with Gasteiger partial charge in [-0.15, -0.1) is 0 Å². The van der Waals surface area contributed by atoms with Gasteiger partial charge in [-0.3, -0.25) is 14.8 Å². The Morgan fingerprint density at radius 1 is 0.853 bits per heavy atom. The van der Waals surface area contributed by atoms with Crippen LogP contribution in [-0.4, -0.2) is 37.5 Å². The van der Waals surface area contributed by atoms with Gasteiger partial charge in [0, 0.05) is 36.0 Å². The van der Waals surface area contributed by atoms with Crippen LogP contribution >= 0.6 is 0 Å². The lowest BCUT2D eigenvalue weighted by Gasteiger charge is -2.15. The van der Waals surface area contributed by atoms with Crippen LogP contribution in [-0.2, 0) is 10.0 Å². The monoisotopic (exact) mass is 481 g/mol. The third-order valence-electron chi connectivity index (χ3n) is 4.76. The molecule has 0 atom stereocenters. The van der Waals surface area contributed by atoms with Crippen molar-refractivity contribution in [3.63, 3.8) is 0 Å². The van der Waals surface area contributed by atoms with E-state index >= 15 is 0 Å². The van der Waals surface area contributed by atoms with Crippen LogP contribution in [0, 0.1) is 10.1 Å². The van der Waals surface area contributed by atoms with Crippen molar-refractivity contribution < 1.29 is 22.8 Å². The number of hydrogen-bond donors (Lipinski definition) is 2. The lowest BCUT2D eigenvalue weighted by Crippen LogP contribution is -2.16. The number of nitrogens with one attached hydrogen (secondary N) is 2. The van der Waals surface area contributed by atoms with Crippen LogP contribution in [0.25, 0.3) is 11.0 Å². The molecule has 34 heavy (non-hydrogen) atoms. The number of nitro groups is 1. The molecular formula is C22H19N5O6S. The minimum absolute atomic E-state index is 0.0304. The molecule has 1 aromatic heterocycles. The second kappa shape index (κ2) is 9.19. The van der Waals surface area contributed by atoms with Crippen LogP contribution in [0.5, 0.6) is 11.5 Å². The molecule has 0 aliphatic carbocycles. The molecule has 0 bridgehead atoms. The van der Waals surface area contributed by atoms with Gasteiger partial charge in [-0.1, -0.05) is 18.2 Å². The number of hydrogen-bond acceptors (Lipinski definition) is 9. The third kappa shape index (κ3) is 4.81. The Labute approximate surface area is 194 Å². The van der Waals surface area contributed by atoms with E-state index in [9.17, 15) is 18.5 Å². The molecule has 4 rings (SSSR count). The van der Waals surface area contributed by atoms with E-state index < -0.39 is 14.9 Å². The Bertz CT molecular complexity index is 1460. The summed E-state index contributed by atoms with van der Waals surface area (Å²) >= 11 is 0. The van der Waals surface area contributed by atoms with Gasteiger partial charge in [0.2, 0.25) is 0 Å². The quantitative estimate of drug-likeness (QED) is 0.280. The molecule has 0 spiro atoms. The molecule has 0 radical (unpaired) electrons. The number of nitro benzene ring substituents is 1. The van der Waals surface area contributed by atoms with Crippen molar-refractivity contribution in [2.75, 3.05) is 24.3 Å². The fourth-order valence-electron chi connectivity index (χ4n) is 3.12. The van der Waals surface area contributed by atoms with E-state index in [0.29, 0.717) is 17.2 Å². The van der Waals surface area contributed by atoms with Crippen LogP contribution in [0.2, 0.25) is 0 Å². The Balaban J connectivity index is 1.84. The topological polar surface area (TPSA) is 146 Å². The highest BCUT2D eigenvalue weighted by atomic mass is 32.2. The molecule has 3 aromatic carbocycles. The molecule has 0 unspecified atom stereocenters. The van der Waals surface area contributed by atoms with E-state index in [1.165, 1.54) is 44.6 Å². The molecule has 0 aliphatic rings. The van der Waals surface area contributed by atoms with Crippen LogP contribution in [0.3, 0.4) is 0 Å². The molecule has 0 saturated heterocycles. The maximum Gasteiger partial charge on any atom is 0.271 e. The first-order valence-electron chi connectivity index (χ1n) is 9.83. The summed E-state index contributed by atoms with van der Waals surface area (Å²) in [5.41, 5.74) is 0.767. The smallest absolute Gasteiger partial charge is 0.271 e. The van der Waals surface area contributed by atoms with Crippen molar-refractivity contribution in [2.24, 2.45) is 0 Å². The maximum atomic E-state index is 13.0. The molecule has 12 heteroatoms. The van der Waals surface area contributed by atoms with E-state index in [1.807, 2.05) is 0 Å². The molecule has 174 valence electrons. The molecule has 1 heterocycles. The van der Waals surface area contributed by atoms with E-state index in [2.05, 4.69) is 20.0 Å². The van der Waals surface area contributed by atoms with Gasteiger partial charge in [-0.25, -0.2) is 18.4 Å². The lowest BCUT2D eigenvalue weighted by molar-refractivity contribution is -0.384. The average Bonchev–Trinajstić information content (AvgIpc) is 2.84. The molecular weight excluding hydrogens is 462 g/mol. The molecule has 0 amide bonds. The molecule has 4 aromatic rings. The van der Waals surface area contributed by atoms with Crippen molar-refractivity contribution >= 4 is 44.1 Å². The number of ether oxygens (including phenoxy) is 2. The summed E-state index contributed by atoms with van der Waals surface area (Å²) in [6.45, 7) is 0. The summed E-state index contributed by atoms with van der Waals surface area (Å²) in [6, 6.07) is 16.7. The van der Waals surface area contributed by atoms with Gasteiger partial charge in [0.25, 0.3) is 15.7 Å². The highest BCUT2D eigenvalue weighted by molar-refractivity contribution is 7.92. The average molecular weight is 481 g/mol. The first kappa shape index (κ1) is 22.7. The van der Waals surface area contributed by atoms with E-state index in [1.54, 1.807) is 36.4 Å². The first-order valence-corrected chi connectivity index (χ1v) is 11.3. The molecule has 0 aliphatic heterocycles. The van der Waals surface area contributed by atoms with E-state index in [0.717, 1.165) is 0 Å². The number of rotatable bonds is 8. The summed E-state index contributed by atoms with van der Waals surface area (Å²) in [5, 5.41) is 14.2. The number of anilines is 3. The van der Waals surface area contributed by atoms with E-state index in [-0.39, 0.29) is 33.3 Å². The number of benzene rings is 3. The van der Waals surface area contributed by atoms with Crippen molar-refractivity contribution in [1.82, 2.24) is 9.97 Å². The first-order chi connectivity index (χ1) is 16.3. The van der Waals surface area contributed by atoms with Crippen LogP contribution in [0.1, 0.15) is 0 Å². The van der Waals surface area contributed by atoms with Gasteiger partial charge >= 0.3 is 0 Å². The number of aromatic nitrogens is 2. The van der Waals surface area contributed by atoms with Crippen molar-refractivity contribution in [2.45, 2.75) is 4.90 Å². The Kier molecular flexibility index (Phi) is 6.15. The van der Waals surface area contributed by atoms with Gasteiger partial charge in [0.05, 0.1) is 35.1 Å². The third-order valence-corrected chi connectivity index (χ3v) is 6.11. The van der Waals surface area contributed by atoms with Crippen molar-refractivity contribution in [1.29, 1.82) is 0 Å². The van der Waals surface area contributed by atoms with E-state index in [4.69, 9.17) is 9.47 Å². The second-order valence-electron chi connectivity index (χ2n) is 7.00. The van der Waals surface area contributed by atoms with Crippen LogP contribution in [0.15, 0.2) is 71.6 Å². The largest absolute Gasteiger partial charge is 0.497 e. The summed E-state index contributed by atoms with van der Waals surface area (Å²) in [5.74, 6) is 0.908. The zero-order valence-corrected chi connectivity index (χ0v) is 18.9. The standard InChI is InChI=1S/C22H19N5O6S/c1-32-16-10-14(11-17(13-16)33-2)23-21-22(26-34(30,31)18-6-4-3-5-7-18)24-19-9-8-15(27(28)29)12-20(19)25-21/h3-13H,1-2H3,(H,23,25)(H,24,26). The van der Waals surface area contributed by atoms with Gasteiger partial charge in [0.1, 0.15) is 11.5 Å². The normalized spacial score (nSPS) is 11.1. The maximum absolute atomic E-state index is 13.0. The molecule has 0 fully saturated rings. The number of non-ortho nitro benzene ring substituents is 1. The highest BCUT2D eigenvalue weighted by Crippen LogP contribution is 2.32. The van der Waals surface area contributed by atoms with Crippen LogP contribution < -0.4 is 19.5 Å². The minimum atomic E-state index is -3.99. The fourth-order valence-corrected chi connectivity index (χ4v) is 4.15. The van der Waals surface area contributed by atoms with Gasteiger partial charge in [-0.05, 0) is 18.2 Å². The molecule has 11 nitrogen and oxygen atoms in total. The summed E-state index contributed by atoms with van der Waals surface area (Å²) < 4.78 is 38.9. The summed E-state index contributed by atoms with van der Waals surface area (Å²) in [7, 11) is -1.01. The Hall–Kier alpha value is -4.45.